The molecule has 2 saturated heterocycles. The van der Waals surface area contributed by atoms with E-state index in [9.17, 15) is 14.4 Å². The predicted octanol–water partition coefficient (Wildman–Crippen LogP) is 0.963. The zero-order chi connectivity index (χ0) is 18.4. The van der Waals surface area contributed by atoms with Gasteiger partial charge >= 0.3 is 12.1 Å². The van der Waals surface area contributed by atoms with Crippen molar-refractivity contribution in [2.75, 3.05) is 18.8 Å². The molecule has 25 heavy (non-hydrogen) atoms. The monoisotopic (exact) mass is 372 g/mol. The molecule has 4 amide bonds. The number of thioether (sulfide) groups is 1. The van der Waals surface area contributed by atoms with Gasteiger partial charge in [-0.05, 0) is 33.6 Å². The molecule has 4 N–H and O–H groups in total. The van der Waals surface area contributed by atoms with Crippen LogP contribution in [-0.2, 0) is 9.53 Å². The van der Waals surface area contributed by atoms with E-state index in [0.29, 0.717) is 24.8 Å². The molecule has 9 heteroatoms. The van der Waals surface area contributed by atoms with Crippen molar-refractivity contribution in [1.29, 1.82) is 0 Å². The fraction of sp³-hybridized carbons (Fsp3) is 0.812. The van der Waals surface area contributed by atoms with E-state index in [-0.39, 0.29) is 24.0 Å². The lowest BCUT2D eigenvalue weighted by Crippen LogP contribution is -2.38. The van der Waals surface area contributed by atoms with Gasteiger partial charge in [-0.15, -0.1) is 0 Å². The molecule has 0 spiro atoms. The minimum absolute atomic E-state index is 0.0286. The first-order chi connectivity index (χ1) is 11.7. The van der Waals surface area contributed by atoms with Gasteiger partial charge in [0.15, 0.2) is 0 Å². The van der Waals surface area contributed by atoms with Crippen LogP contribution in [0.25, 0.3) is 0 Å². The highest BCUT2D eigenvalue weighted by Gasteiger charge is 2.42. The largest absolute Gasteiger partial charge is 0.444 e. The summed E-state index contributed by atoms with van der Waals surface area (Å²) in [5.41, 5.74) is -0.529. The highest BCUT2D eigenvalue weighted by Crippen LogP contribution is 2.32. The summed E-state index contributed by atoms with van der Waals surface area (Å²) in [6, 6.07) is 0.310. The maximum atomic E-state index is 11.8. The van der Waals surface area contributed by atoms with Gasteiger partial charge in [0.05, 0.1) is 12.1 Å². The van der Waals surface area contributed by atoms with Gasteiger partial charge in [-0.1, -0.05) is 0 Å². The minimum Gasteiger partial charge on any atom is -0.444 e. The lowest BCUT2D eigenvalue weighted by Gasteiger charge is -2.19. The first-order valence-corrected chi connectivity index (χ1v) is 9.71. The lowest BCUT2D eigenvalue weighted by atomic mass is 10.0. The third kappa shape index (κ3) is 6.64. The number of rotatable bonds is 7. The molecule has 2 fully saturated rings. The molecule has 2 heterocycles. The van der Waals surface area contributed by atoms with Crippen LogP contribution >= 0.6 is 11.8 Å². The van der Waals surface area contributed by atoms with Crippen molar-refractivity contribution >= 4 is 29.8 Å². The van der Waals surface area contributed by atoms with Gasteiger partial charge in [-0.2, -0.15) is 11.8 Å². The number of nitrogens with one attached hydrogen (secondary N) is 4. The van der Waals surface area contributed by atoms with Gasteiger partial charge in [-0.25, -0.2) is 9.59 Å². The van der Waals surface area contributed by atoms with Crippen LogP contribution < -0.4 is 21.3 Å². The summed E-state index contributed by atoms with van der Waals surface area (Å²) in [7, 11) is 0. The number of hydrogen-bond donors (Lipinski definition) is 4. The topological polar surface area (TPSA) is 109 Å². The van der Waals surface area contributed by atoms with Gasteiger partial charge in [0.1, 0.15) is 5.60 Å². The van der Waals surface area contributed by atoms with Crippen LogP contribution in [0.5, 0.6) is 0 Å². The molecule has 0 saturated carbocycles. The first kappa shape index (κ1) is 19.7. The third-order valence-electron chi connectivity index (χ3n) is 3.95. The van der Waals surface area contributed by atoms with Crippen LogP contribution in [0.3, 0.4) is 0 Å². The molecule has 0 aromatic carbocycles. The van der Waals surface area contributed by atoms with Gasteiger partial charge < -0.3 is 26.0 Å². The summed E-state index contributed by atoms with van der Waals surface area (Å²) in [4.78, 5) is 34.6. The highest BCUT2D eigenvalue weighted by atomic mass is 32.2. The molecule has 142 valence electrons. The zero-order valence-electron chi connectivity index (χ0n) is 15.0. The van der Waals surface area contributed by atoms with Crippen LogP contribution in [0.2, 0.25) is 0 Å². The highest BCUT2D eigenvalue weighted by molar-refractivity contribution is 8.00. The molecule has 0 aliphatic carbocycles. The number of hydrogen-bond acceptors (Lipinski definition) is 5. The number of ether oxygens (including phenoxy) is 1. The molecule has 3 atom stereocenters. The molecular weight excluding hydrogens is 344 g/mol. The molecule has 2 aliphatic rings. The van der Waals surface area contributed by atoms with Crippen LogP contribution in [0.15, 0.2) is 0 Å². The molecule has 0 bridgehead atoms. The van der Waals surface area contributed by atoms with Crippen LogP contribution in [-0.4, -0.2) is 59.8 Å². The first-order valence-electron chi connectivity index (χ1n) is 8.67. The summed E-state index contributed by atoms with van der Waals surface area (Å²) < 4.78 is 5.11. The van der Waals surface area contributed by atoms with Crippen molar-refractivity contribution < 1.29 is 19.1 Å². The summed E-state index contributed by atoms with van der Waals surface area (Å²) in [6.07, 6.45) is 1.64. The van der Waals surface area contributed by atoms with E-state index in [0.717, 1.165) is 18.6 Å². The van der Waals surface area contributed by atoms with Gasteiger partial charge in [0, 0.05) is 30.5 Å². The number of amides is 4. The Morgan fingerprint density at radius 2 is 1.96 bits per heavy atom. The number of fused-ring (bicyclic) bond motifs is 1. The van der Waals surface area contributed by atoms with E-state index in [1.54, 1.807) is 20.8 Å². The van der Waals surface area contributed by atoms with E-state index in [1.807, 2.05) is 11.8 Å². The average Bonchev–Trinajstić information content (AvgIpc) is 3.02. The van der Waals surface area contributed by atoms with Crippen LogP contribution in [0.4, 0.5) is 9.59 Å². The van der Waals surface area contributed by atoms with E-state index in [2.05, 4.69) is 21.3 Å². The Hall–Kier alpha value is -1.64. The van der Waals surface area contributed by atoms with Crippen molar-refractivity contribution in [3.8, 4) is 0 Å². The van der Waals surface area contributed by atoms with E-state index in [1.165, 1.54) is 0 Å². The number of alkyl carbamates (subject to hydrolysis) is 1. The Labute approximate surface area is 152 Å². The van der Waals surface area contributed by atoms with Crippen molar-refractivity contribution in [1.82, 2.24) is 21.3 Å². The Bertz CT molecular complexity index is 509. The standard InChI is InChI=1S/C16H28N4O4S/c1-16(2,3)24-15(23)18-8-7-17-12(21)6-4-5-11-13-10(9-25-11)19-14(22)20-13/h10-11,13H,4-9H2,1-3H3,(H,17,21)(H,18,23)(H2,19,20,22)/t10-,11-,13-/m0/s1. The molecule has 0 aromatic heterocycles. The van der Waals surface area contributed by atoms with Crippen molar-refractivity contribution in [3.63, 3.8) is 0 Å². The van der Waals surface area contributed by atoms with E-state index < -0.39 is 11.7 Å². The Kier molecular flexibility index (Phi) is 6.80. The Balaban J connectivity index is 1.52. The molecule has 0 unspecified atom stereocenters. The molecule has 8 nitrogen and oxygen atoms in total. The van der Waals surface area contributed by atoms with Crippen LogP contribution in [0, 0.1) is 0 Å². The summed E-state index contributed by atoms with van der Waals surface area (Å²) >= 11 is 1.85. The number of urea groups is 1. The lowest BCUT2D eigenvalue weighted by molar-refractivity contribution is -0.121. The fourth-order valence-corrected chi connectivity index (χ4v) is 4.42. The molecule has 2 rings (SSSR count). The van der Waals surface area contributed by atoms with Gasteiger partial charge in [0.25, 0.3) is 0 Å². The summed E-state index contributed by atoms with van der Waals surface area (Å²) in [6.45, 7) is 6.10. The minimum atomic E-state index is -0.529. The van der Waals surface area contributed by atoms with E-state index in [4.69, 9.17) is 4.74 Å². The Morgan fingerprint density at radius 1 is 1.24 bits per heavy atom. The van der Waals surface area contributed by atoms with Crippen molar-refractivity contribution in [3.05, 3.63) is 0 Å². The van der Waals surface area contributed by atoms with Crippen LogP contribution in [0.1, 0.15) is 40.0 Å². The third-order valence-corrected chi connectivity index (χ3v) is 5.45. The smallest absolute Gasteiger partial charge is 0.407 e. The van der Waals surface area contributed by atoms with Gasteiger partial charge in [-0.3, -0.25) is 4.79 Å². The normalized spacial score (nSPS) is 24.9. The van der Waals surface area contributed by atoms with Gasteiger partial charge in [0.2, 0.25) is 5.91 Å². The SMILES string of the molecule is CC(C)(C)OC(=O)NCCNC(=O)CCC[C@@H]1SC[C@@H]2NC(=O)N[C@@H]21. The van der Waals surface area contributed by atoms with E-state index >= 15 is 0 Å². The Morgan fingerprint density at radius 3 is 2.68 bits per heavy atom. The second-order valence-corrected chi connectivity index (χ2v) is 8.56. The summed E-state index contributed by atoms with van der Waals surface area (Å²) in [5, 5.41) is 11.6. The zero-order valence-corrected chi connectivity index (χ0v) is 15.8. The van der Waals surface area contributed by atoms with Crippen molar-refractivity contribution in [2.45, 2.75) is 63.0 Å². The fourth-order valence-electron chi connectivity index (χ4n) is 2.88. The molecule has 2 aliphatic heterocycles. The average molecular weight is 372 g/mol. The predicted molar refractivity (Wildman–Crippen MR) is 96.6 cm³/mol. The van der Waals surface area contributed by atoms with Crippen molar-refractivity contribution in [2.24, 2.45) is 0 Å². The second-order valence-electron chi connectivity index (χ2n) is 7.29. The number of carbonyl (C=O) groups excluding carboxylic acids is 3. The second kappa shape index (κ2) is 8.64. The molecular formula is C16H28N4O4S. The quantitative estimate of drug-likeness (QED) is 0.393. The maximum absolute atomic E-state index is 11.8. The maximum Gasteiger partial charge on any atom is 0.407 e. The summed E-state index contributed by atoms with van der Waals surface area (Å²) in [5.74, 6) is 0.899. The number of carbonyl (C=O) groups is 3. The molecule has 0 aromatic rings. The molecule has 0 radical (unpaired) electrons.